The molecule has 0 N–H and O–H groups in total. The smallest absolute Gasteiger partial charge is 0.185 e. The molecule has 0 spiro atoms. The molecule has 0 radical (unpaired) electrons. The summed E-state index contributed by atoms with van der Waals surface area (Å²) in [6, 6.07) is 3.72. The number of benzene rings is 1. The summed E-state index contributed by atoms with van der Waals surface area (Å²) in [7, 11) is 0. The zero-order chi connectivity index (χ0) is 11.7. The van der Waals surface area contributed by atoms with E-state index in [0.717, 1.165) is 0 Å². The summed E-state index contributed by atoms with van der Waals surface area (Å²) in [5.41, 5.74) is -0.230. The van der Waals surface area contributed by atoms with Crippen LogP contribution >= 0.6 is 0 Å². The van der Waals surface area contributed by atoms with Crippen LogP contribution in [0.5, 0.6) is 0 Å². The molecule has 0 aliphatic rings. The molecule has 0 aliphatic heterocycles. The zero-order valence-electron chi connectivity index (χ0n) is 7.84. The fraction of sp³-hybridized carbons (Fsp3) is 0. The summed E-state index contributed by atoms with van der Waals surface area (Å²) in [5.74, 6) is -3.45. The van der Waals surface area contributed by atoms with E-state index in [0.29, 0.717) is 18.4 Å². The van der Waals surface area contributed by atoms with Crippen LogP contribution in [0.4, 0.5) is 13.2 Å². The minimum Gasteiger partial charge on any atom is -0.453 e. The Morgan fingerprint density at radius 1 is 1.00 bits per heavy atom. The van der Waals surface area contributed by atoms with Crippen LogP contribution in [0.15, 0.2) is 28.7 Å². The Kier molecular flexibility index (Phi) is 2.52. The van der Waals surface area contributed by atoms with Crippen molar-refractivity contribution in [2.45, 2.75) is 0 Å². The molecule has 0 fully saturated rings. The highest BCUT2D eigenvalue weighted by atomic mass is 19.2. The highest BCUT2D eigenvalue weighted by Gasteiger charge is 2.14. The van der Waals surface area contributed by atoms with Gasteiger partial charge >= 0.3 is 0 Å². The Hall–Kier alpha value is -2.04. The molecule has 5 heteroatoms. The average Bonchev–Trinajstić information content (AvgIpc) is 2.71. The summed E-state index contributed by atoms with van der Waals surface area (Å²) in [4.78, 5) is 10.3. The van der Waals surface area contributed by atoms with Crippen molar-refractivity contribution in [2.75, 3.05) is 0 Å². The molecule has 2 rings (SSSR count). The van der Waals surface area contributed by atoms with Crippen LogP contribution in [-0.4, -0.2) is 6.29 Å². The lowest BCUT2D eigenvalue weighted by Crippen LogP contribution is -1.90. The Morgan fingerprint density at radius 2 is 1.69 bits per heavy atom. The lowest BCUT2D eigenvalue weighted by molar-refractivity contribution is 0.110. The Bertz CT molecular complexity index is 546. The lowest BCUT2D eigenvalue weighted by Gasteiger charge is -2.00. The maximum atomic E-state index is 13.3. The summed E-state index contributed by atoms with van der Waals surface area (Å²) >= 11 is 0. The van der Waals surface area contributed by atoms with Crippen molar-refractivity contribution in [2.24, 2.45) is 0 Å². The molecular weight excluding hydrogens is 221 g/mol. The molecule has 0 saturated carbocycles. The summed E-state index contributed by atoms with van der Waals surface area (Å²) in [5, 5.41) is 0. The number of carbonyl (C=O) groups excluding carboxylic acids is 1. The molecule has 2 aromatic rings. The van der Waals surface area contributed by atoms with E-state index in [2.05, 4.69) is 0 Å². The first-order valence-corrected chi connectivity index (χ1v) is 4.31. The molecule has 82 valence electrons. The van der Waals surface area contributed by atoms with Crippen molar-refractivity contribution >= 4 is 6.29 Å². The monoisotopic (exact) mass is 226 g/mol. The number of rotatable bonds is 2. The average molecular weight is 226 g/mol. The number of hydrogen-bond donors (Lipinski definition) is 0. The third kappa shape index (κ3) is 1.71. The molecule has 1 aromatic carbocycles. The Morgan fingerprint density at radius 3 is 2.31 bits per heavy atom. The molecular formula is C11H5F3O2. The number of carbonyl (C=O) groups is 1. The number of aldehydes is 1. The van der Waals surface area contributed by atoms with Gasteiger partial charge in [0.1, 0.15) is 11.6 Å². The second kappa shape index (κ2) is 3.84. The minimum atomic E-state index is -1.27. The van der Waals surface area contributed by atoms with Crippen LogP contribution in [0.3, 0.4) is 0 Å². The predicted octanol–water partition coefficient (Wildman–Crippen LogP) is 3.18. The van der Waals surface area contributed by atoms with Gasteiger partial charge in [-0.25, -0.2) is 13.2 Å². The zero-order valence-corrected chi connectivity index (χ0v) is 7.84. The van der Waals surface area contributed by atoms with Crippen LogP contribution in [0.2, 0.25) is 0 Å². The standard InChI is InChI=1S/C11H5F3O2/c12-8-4-10(14)9(13)3-7(8)11-2-1-6(5-15)16-11/h1-5H. The van der Waals surface area contributed by atoms with E-state index in [1.807, 2.05) is 0 Å². The third-order valence-electron chi connectivity index (χ3n) is 2.02. The number of hydrogen-bond acceptors (Lipinski definition) is 2. The molecule has 1 aromatic heterocycles. The number of furan rings is 1. The van der Waals surface area contributed by atoms with Crippen LogP contribution in [0, 0.1) is 17.5 Å². The van der Waals surface area contributed by atoms with Gasteiger partial charge < -0.3 is 4.42 Å². The first-order valence-electron chi connectivity index (χ1n) is 4.31. The predicted molar refractivity (Wildman–Crippen MR) is 49.4 cm³/mol. The van der Waals surface area contributed by atoms with E-state index in [1.54, 1.807) is 0 Å². The van der Waals surface area contributed by atoms with Crippen molar-refractivity contribution in [3.63, 3.8) is 0 Å². The van der Waals surface area contributed by atoms with E-state index in [1.165, 1.54) is 12.1 Å². The molecule has 0 saturated heterocycles. The van der Waals surface area contributed by atoms with Crippen LogP contribution < -0.4 is 0 Å². The molecule has 0 amide bonds. The van der Waals surface area contributed by atoms with Gasteiger partial charge in [-0.1, -0.05) is 0 Å². The maximum absolute atomic E-state index is 13.3. The molecule has 0 atom stereocenters. The van der Waals surface area contributed by atoms with Gasteiger partial charge in [0.25, 0.3) is 0 Å². The molecule has 2 nitrogen and oxygen atoms in total. The van der Waals surface area contributed by atoms with Crippen LogP contribution in [0.25, 0.3) is 11.3 Å². The highest BCUT2D eigenvalue weighted by molar-refractivity contribution is 5.72. The normalized spacial score (nSPS) is 10.4. The molecule has 0 unspecified atom stereocenters. The fourth-order valence-electron chi connectivity index (χ4n) is 1.27. The molecule has 0 aliphatic carbocycles. The summed E-state index contributed by atoms with van der Waals surface area (Å²) in [6.45, 7) is 0. The van der Waals surface area contributed by atoms with Gasteiger partial charge in [0, 0.05) is 6.07 Å². The van der Waals surface area contributed by atoms with Crippen molar-refractivity contribution < 1.29 is 22.4 Å². The van der Waals surface area contributed by atoms with E-state index in [-0.39, 0.29) is 17.1 Å². The second-order valence-corrected chi connectivity index (χ2v) is 3.07. The van der Waals surface area contributed by atoms with E-state index in [9.17, 15) is 18.0 Å². The Labute approximate surface area is 88.3 Å². The van der Waals surface area contributed by atoms with Crippen molar-refractivity contribution in [3.05, 3.63) is 47.5 Å². The molecule has 16 heavy (non-hydrogen) atoms. The van der Waals surface area contributed by atoms with Gasteiger partial charge in [-0.2, -0.15) is 0 Å². The first-order chi connectivity index (χ1) is 7.61. The Balaban J connectivity index is 2.55. The first kappa shape index (κ1) is 10.5. The number of halogens is 3. The van der Waals surface area contributed by atoms with Crippen molar-refractivity contribution in [3.8, 4) is 11.3 Å². The minimum absolute atomic E-state index is 0.0147. The van der Waals surface area contributed by atoms with Crippen LogP contribution in [0.1, 0.15) is 10.6 Å². The van der Waals surface area contributed by atoms with Crippen LogP contribution in [-0.2, 0) is 0 Å². The van der Waals surface area contributed by atoms with E-state index >= 15 is 0 Å². The van der Waals surface area contributed by atoms with E-state index in [4.69, 9.17) is 4.42 Å². The molecule has 0 bridgehead atoms. The van der Waals surface area contributed by atoms with Gasteiger partial charge in [-0.05, 0) is 18.2 Å². The van der Waals surface area contributed by atoms with Crippen molar-refractivity contribution in [1.82, 2.24) is 0 Å². The fourth-order valence-corrected chi connectivity index (χ4v) is 1.27. The van der Waals surface area contributed by atoms with Crippen molar-refractivity contribution in [1.29, 1.82) is 0 Å². The second-order valence-electron chi connectivity index (χ2n) is 3.07. The van der Waals surface area contributed by atoms with E-state index < -0.39 is 17.5 Å². The topological polar surface area (TPSA) is 30.2 Å². The third-order valence-corrected chi connectivity index (χ3v) is 2.02. The van der Waals surface area contributed by atoms with Gasteiger partial charge in [0.05, 0.1) is 5.56 Å². The van der Waals surface area contributed by atoms with Gasteiger partial charge in [0.15, 0.2) is 23.7 Å². The SMILES string of the molecule is O=Cc1ccc(-c2cc(F)c(F)cc2F)o1. The summed E-state index contributed by atoms with van der Waals surface area (Å²) < 4.78 is 43.7. The summed E-state index contributed by atoms with van der Waals surface area (Å²) in [6.07, 6.45) is 0.432. The quantitative estimate of drug-likeness (QED) is 0.581. The molecule has 1 heterocycles. The van der Waals surface area contributed by atoms with Gasteiger partial charge in [-0.15, -0.1) is 0 Å². The lowest BCUT2D eigenvalue weighted by atomic mass is 10.1. The van der Waals surface area contributed by atoms with Gasteiger partial charge in [-0.3, -0.25) is 4.79 Å². The highest BCUT2D eigenvalue weighted by Crippen LogP contribution is 2.26. The largest absolute Gasteiger partial charge is 0.453 e. The maximum Gasteiger partial charge on any atom is 0.185 e. The van der Waals surface area contributed by atoms with Gasteiger partial charge in [0.2, 0.25) is 0 Å².